The Morgan fingerprint density at radius 1 is 1.47 bits per heavy atom. The lowest BCUT2D eigenvalue weighted by atomic mass is 9.95. The highest BCUT2D eigenvalue weighted by molar-refractivity contribution is 7.89. The molecule has 3 unspecified atom stereocenters. The van der Waals surface area contributed by atoms with E-state index in [1.54, 1.807) is 4.31 Å². The molecule has 7 heteroatoms. The van der Waals surface area contributed by atoms with E-state index in [-0.39, 0.29) is 11.1 Å². The maximum absolute atomic E-state index is 12.6. The Kier molecular flexibility index (Phi) is 3.15. The third kappa shape index (κ3) is 2.00. The number of aryl methyl sites for hydroxylation is 1. The van der Waals surface area contributed by atoms with Crippen molar-refractivity contribution in [3.63, 3.8) is 0 Å². The predicted molar refractivity (Wildman–Crippen MR) is 71.2 cm³/mol. The maximum Gasteiger partial charge on any atom is 0.260 e. The molecule has 0 amide bonds. The summed E-state index contributed by atoms with van der Waals surface area (Å²) in [6.07, 6.45) is 2.15. The molecule has 106 valence electrons. The van der Waals surface area contributed by atoms with Gasteiger partial charge in [0.2, 0.25) is 0 Å². The predicted octanol–water partition coefficient (Wildman–Crippen LogP) is 0.201. The van der Waals surface area contributed by atoms with Crippen LogP contribution in [0.5, 0.6) is 0 Å². The minimum Gasteiger partial charge on any atom is -0.332 e. The van der Waals surface area contributed by atoms with Crippen LogP contribution in [-0.4, -0.2) is 48.4 Å². The molecule has 0 spiro atoms. The Labute approximate surface area is 113 Å². The Balaban J connectivity index is 1.89. The summed E-state index contributed by atoms with van der Waals surface area (Å²) >= 11 is 0. The average molecular weight is 284 g/mol. The molecular weight excluding hydrogens is 264 g/mol. The van der Waals surface area contributed by atoms with Gasteiger partial charge in [-0.3, -0.25) is 0 Å². The summed E-state index contributed by atoms with van der Waals surface area (Å²) in [5.74, 6) is 1.59. The zero-order chi connectivity index (χ0) is 13.6. The topological polar surface area (TPSA) is 78.1 Å². The van der Waals surface area contributed by atoms with E-state index in [4.69, 9.17) is 0 Å². The van der Waals surface area contributed by atoms with Crippen LogP contribution in [0.15, 0.2) is 11.2 Å². The first-order valence-corrected chi connectivity index (χ1v) is 8.24. The second-order valence-electron chi connectivity index (χ2n) is 5.45. The molecule has 3 rings (SSSR count). The van der Waals surface area contributed by atoms with Gasteiger partial charge in [0.15, 0.2) is 5.03 Å². The molecule has 2 fully saturated rings. The number of sulfonamides is 1. The summed E-state index contributed by atoms with van der Waals surface area (Å²) in [6, 6.07) is 0.0541. The molecule has 2 aliphatic rings. The molecule has 0 saturated carbocycles. The zero-order valence-corrected chi connectivity index (χ0v) is 12.1. The van der Waals surface area contributed by atoms with E-state index in [0.717, 1.165) is 13.1 Å². The van der Waals surface area contributed by atoms with Crippen molar-refractivity contribution in [2.75, 3.05) is 19.6 Å². The van der Waals surface area contributed by atoms with Crippen molar-refractivity contribution in [1.29, 1.82) is 0 Å². The van der Waals surface area contributed by atoms with Crippen LogP contribution in [0.2, 0.25) is 0 Å². The quantitative estimate of drug-likeness (QED) is 0.831. The Morgan fingerprint density at radius 2 is 2.26 bits per heavy atom. The van der Waals surface area contributed by atoms with Crippen LogP contribution in [0, 0.1) is 11.8 Å². The summed E-state index contributed by atoms with van der Waals surface area (Å²) in [7, 11) is -3.43. The van der Waals surface area contributed by atoms with E-state index >= 15 is 0 Å². The minimum absolute atomic E-state index is 0.0541. The SMILES string of the molecule is CCc1ncc(S(=O)(=O)N2CC3CNCC3C2C)[nH]1. The standard InChI is InChI=1S/C12H20N4O2S/c1-3-11-14-6-12(15-11)19(17,18)16-7-9-4-13-5-10(9)8(16)2/h6,8-10,13H,3-5,7H2,1-2H3,(H,14,15). The van der Waals surface area contributed by atoms with Gasteiger partial charge in [0.05, 0.1) is 6.20 Å². The monoisotopic (exact) mass is 284 g/mol. The van der Waals surface area contributed by atoms with Crippen molar-refractivity contribution in [2.24, 2.45) is 11.8 Å². The van der Waals surface area contributed by atoms with Gasteiger partial charge >= 0.3 is 0 Å². The molecule has 2 N–H and O–H groups in total. The van der Waals surface area contributed by atoms with Gasteiger partial charge in [0, 0.05) is 19.0 Å². The van der Waals surface area contributed by atoms with Gasteiger partial charge in [-0.15, -0.1) is 0 Å². The van der Waals surface area contributed by atoms with Gasteiger partial charge in [-0.05, 0) is 31.8 Å². The van der Waals surface area contributed by atoms with Crippen LogP contribution in [0.25, 0.3) is 0 Å². The van der Waals surface area contributed by atoms with E-state index in [1.165, 1.54) is 6.20 Å². The highest BCUT2D eigenvalue weighted by Crippen LogP contribution is 2.35. The summed E-state index contributed by atoms with van der Waals surface area (Å²) in [5, 5.41) is 3.56. The first-order chi connectivity index (χ1) is 9.04. The number of fused-ring (bicyclic) bond motifs is 1. The van der Waals surface area contributed by atoms with Gasteiger partial charge in [-0.1, -0.05) is 6.92 Å². The first kappa shape index (κ1) is 13.1. The number of nitrogens with zero attached hydrogens (tertiary/aromatic N) is 2. The highest BCUT2D eigenvalue weighted by atomic mass is 32.2. The number of hydrogen-bond acceptors (Lipinski definition) is 4. The highest BCUT2D eigenvalue weighted by Gasteiger charge is 2.47. The van der Waals surface area contributed by atoms with Gasteiger partial charge < -0.3 is 10.3 Å². The van der Waals surface area contributed by atoms with Gasteiger partial charge in [-0.25, -0.2) is 13.4 Å². The lowest BCUT2D eigenvalue weighted by Gasteiger charge is -2.22. The fourth-order valence-corrected chi connectivity index (χ4v) is 4.89. The number of aromatic nitrogens is 2. The number of rotatable bonds is 3. The number of nitrogens with one attached hydrogen (secondary N) is 2. The summed E-state index contributed by atoms with van der Waals surface area (Å²) in [6.45, 7) is 6.41. The maximum atomic E-state index is 12.6. The van der Waals surface area contributed by atoms with E-state index in [0.29, 0.717) is 30.6 Å². The molecule has 2 saturated heterocycles. The first-order valence-electron chi connectivity index (χ1n) is 6.80. The molecule has 0 aliphatic carbocycles. The fraction of sp³-hybridized carbons (Fsp3) is 0.750. The molecule has 0 aromatic carbocycles. The van der Waals surface area contributed by atoms with Crippen molar-refractivity contribution in [3.8, 4) is 0 Å². The summed E-state index contributed by atoms with van der Waals surface area (Å²) in [5.41, 5.74) is 0. The molecule has 3 atom stereocenters. The number of imidazole rings is 1. The molecule has 1 aromatic rings. The van der Waals surface area contributed by atoms with Gasteiger partial charge in [-0.2, -0.15) is 4.31 Å². The van der Waals surface area contributed by atoms with E-state index in [9.17, 15) is 8.42 Å². The van der Waals surface area contributed by atoms with E-state index < -0.39 is 10.0 Å². The minimum atomic E-state index is -3.43. The third-order valence-electron chi connectivity index (χ3n) is 4.41. The summed E-state index contributed by atoms with van der Waals surface area (Å²) in [4.78, 5) is 7.01. The van der Waals surface area contributed by atoms with E-state index in [1.807, 2.05) is 13.8 Å². The zero-order valence-electron chi connectivity index (χ0n) is 11.3. The molecule has 19 heavy (non-hydrogen) atoms. The van der Waals surface area contributed by atoms with Crippen LogP contribution in [0.3, 0.4) is 0 Å². The summed E-state index contributed by atoms with van der Waals surface area (Å²) < 4.78 is 26.9. The Morgan fingerprint density at radius 3 is 2.89 bits per heavy atom. The third-order valence-corrected chi connectivity index (χ3v) is 6.27. The fourth-order valence-electron chi connectivity index (χ4n) is 3.23. The van der Waals surface area contributed by atoms with Crippen LogP contribution >= 0.6 is 0 Å². The van der Waals surface area contributed by atoms with Crippen LogP contribution in [0.4, 0.5) is 0 Å². The lowest BCUT2D eigenvalue weighted by molar-refractivity contribution is 0.359. The van der Waals surface area contributed by atoms with Gasteiger partial charge in [0.1, 0.15) is 5.82 Å². The molecule has 3 heterocycles. The van der Waals surface area contributed by atoms with Crippen molar-refractivity contribution < 1.29 is 8.42 Å². The Bertz CT molecular complexity index is 568. The van der Waals surface area contributed by atoms with Gasteiger partial charge in [0.25, 0.3) is 10.0 Å². The van der Waals surface area contributed by atoms with Crippen molar-refractivity contribution in [2.45, 2.75) is 31.3 Å². The molecule has 6 nitrogen and oxygen atoms in total. The number of hydrogen-bond donors (Lipinski definition) is 2. The van der Waals surface area contributed by atoms with Crippen LogP contribution in [0.1, 0.15) is 19.7 Å². The van der Waals surface area contributed by atoms with Crippen LogP contribution < -0.4 is 5.32 Å². The number of aromatic amines is 1. The molecule has 0 radical (unpaired) electrons. The molecule has 1 aromatic heterocycles. The molecule has 2 aliphatic heterocycles. The number of H-pyrrole nitrogens is 1. The van der Waals surface area contributed by atoms with Crippen molar-refractivity contribution in [1.82, 2.24) is 19.6 Å². The second-order valence-corrected chi connectivity index (χ2v) is 7.30. The van der Waals surface area contributed by atoms with E-state index in [2.05, 4.69) is 15.3 Å². The lowest BCUT2D eigenvalue weighted by Crippen LogP contribution is -2.38. The van der Waals surface area contributed by atoms with Crippen molar-refractivity contribution >= 4 is 10.0 Å². The second kappa shape index (κ2) is 4.57. The van der Waals surface area contributed by atoms with Crippen molar-refractivity contribution in [3.05, 3.63) is 12.0 Å². The molecular formula is C12H20N4O2S. The normalized spacial score (nSPS) is 31.8. The Hall–Kier alpha value is -0.920. The average Bonchev–Trinajstić information content (AvgIpc) is 3.06. The largest absolute Gasteiger partial charge is 0.332 e. The smallest absolute Gasteiger partial charge is 0.260 e. The van der Waals surface area contributed by atoms with Crippen LogP contribution in [-0.2, 0) is 16.4 Å². The molecule has 0 bridgehead atoms.